The normalized spacial score (nSPS) is 16.1. The van der Waals surface area contributed by atoms with Gasteiger partial charge in [0.2, 0.25) is 0 Å². The summed E-state index contributed by atoms with van der Waals surface area (Å²) >= 11 is 0. The van der Waals surface area contributed by atoms with Crippen molar-refractivity contribution >= 4 is 17.2 Å². The Balaban J connectivity index is 1.63. The van der Waals surface area contributed by atoms with Crippen LogP contribution in [0.4, 0.5) is 5.69 Å². The Morgan fingerprint density at radius 1 is 1.11 bits per heavy atom. The highest BCUT2D eigenvalue weighted by atomic mass is 16.5. The van der Waals surface area contributed by atoms with Crippen LogP contribution in [0.3, 0.4) is 0 Å². The van der Waals surface area contributed by atoms with Crippen molar-refractivity contribution in [3.63, 3.8) is 0 Å². The molecule has 146 valence electrons. The van der Waals surface area contributed by atoms with Crippen LogP contribution in [0.25, 0.3) is 5.57 Å². The predicted molar refractivity (Wildman–Crippen MR) is 107 cm³/mol. The summed E-state index contributed by atoms with van der Waals surface area (Å²) in [4.78, 5) is 13.0. The number of nitrogens with one attached hydrogen (secondary N) is 1. The maximum absolute atomic E-state index is 13.0. The summed E-state index contributed by atoms with van der Waals surface area (Å²) in [5.41, 5.74) is 2.65. The van der Waals surface area contributed by atoms with Crippen LogP contribution in [0.15, 0.2) is 36.4 Å². The smallest absolute Gasteiger partial charge is 0.256 e. The lowest BCUT2D eigenvalue weighted by Crippen LogP contribution is -2.24. The minimum absolute atomic E-state index is 0.210. The van der Waals surface area contributed by atoms with Crippen LogP contribution in [0.5, 0.6) is 23.0 Å². The fourth-order valence-corrected chi connectivity index (χ4v) is 3.67. The standard InChI is InChI=1S/C22H23NO5/c1-22(2)12-13-10-14(11-18(26-4)19(13)28-22)23-21(24)16-8-9-27-20-15(16)6-5-7-17(20)25-3/h5-8,10-11H,9,12H2,1-4H3,(H,23,24). The molecule has 0 fully saturated rings. The van der Waals surface area contributed by atoms with Crippen molar-refractivity contribution in [1.82, 2.24) is 0 Å². The quantitative estimate of drug-likeness (QED) is 0.872. The molecule has 6 heteroatoms. The second-order valence-electron chi connectivity index (χ2n) is 7.43. The van der Waals surface area contributed by atoms with Gasteiger partial charge in [0.25, 0.3) is 5.91 Å². The summed E-state index contributed by atoms with van der Waals surface area (Å²) in [6, 6.07) is 9.22. The van der Waals surface area contributed by atoms with E-state index in [1.165, 1.54) is 0 Å². The summed E-state index contributed by atoms with van der Waals surface area (Å²) in [5, 5.41) is 2.98. The van der Waals surface area contributed by atoms with Crippen LogP contribution in [0.2, 0.25) is 0 Å². The summed E-state index contributed by atoms with van der Waals surface area (Å²) in [6.07, 6.45) is 2.52. The zero-order valence-electron chi connectivity index (χ0n) is 16.4. The van der Waals surface area contributed by atoms with Gasteiger partial charge in [0, 0.05) is 29.3 Å². The van der Waals surface area contributed by atoms with Gasteiger partial charge in [0.15, 0.2) is 23.0 Å². The Morgan fingerprint density at radius 3 is 2.64 bits per heavy atom. The van der Waals surface area contributed by atoms with Crippen LogP contribution in [-0.4, -0.2) is 32.3 Å². The third-order valence-electron chi connectivity index (χ3n) is 4.85. The number of carbonyl (C=O) groups is 1. The molecule has 2 aliphatic heterocycles. The summed E-state index contributed by atoms with van der Waals surface area (Å²) < 4.78 is 22.5. The van der Waals surface area contributed by atoms with Crippen LogP contribution in [-0.2, 0) is 11.2 Å². The number of para-hydroxylation sites is 1. The van der Waals surface area contributed by atoms with Crippen molar-refractivity contribution in [1.29, 1.82) is 0 Å². The van der Waals surface area contributed by atoms with Crippen molar-refractivity contribution in [2.45, 2.75) is 25.9 Å². The molecule has 2 aromatic rings. The maximum atomic E-state index is 13.0. The van der Waals surface area contributed by atoms with Crippen molar-refractivity contribution in [3.8, 4) is 23.0 Å². The minimum Gasteiger partial charge on any atom is -0.493 e. The van der Waals surface area contributed by atoms with Crippen molar-refractivity contribution in [2.24, 2.45) is 0 Å². The number of carbonyl (C=O) groups excluding carboxylic acids is 1. The van der Waals surface area contributed by atoms with Gasteiger partial charge in [-0.25, -0.2) is 0 Å². The molecular formula is C22H23NO5. The number of amides is 1. The third-order valence-corrected chi connectivity index (χ3v) is 4.85. The number of methoxy groups -OCH3 is 2. The maximum Gasteiger partial charge on any atom is 0.256 e. The van der Waals surface area contributed by atoms with E-state index in [1.807, 2.05) is 38.1 Å². The molecule has 6 nitrogen and oxygen atoms in total. The van der Waals surface area contributed by atoms with Gasteiger partial charge in [-0.05, 0) is 32.1 Å². The molecule has 0 radical (unpaired) electrons. The molecule has 0 aromatic heterocycles. The monoisotopic (exact) mass is 381 g/mol. The van der Waals surface area contributed by atoms with Gasteiger partial charge in [-0.2, -0.15) is 0 Å². The third kappa shape index (κ3) is 3.15. The highest BCUT2D eigenvalue weighted by Crippen LogP contribution is 2.44. The summed E-state index contributed by atoms with van der Waals surface area (Å²) in [6.45, 7) is 4.37. The van der Waals surface area contributed by atoms with Crippen molar-refractivity contribution in [3.05, 3.63) is 47.5 Å². The zero-order chi connectivity index (χ0) is 19.9. The van der Waals surface area contributed by atoms with Gasteiger partial charge >= 0.3 is 0 Å². The van der Waals surface area contributed by atoms with Gasteiger partial charge in [-0.15, -0.1) is 0 Å². The molecule has 4 rings (SSSR count). The first-order valence-corrected chi connectivity index (χ1v) is 9.13. The van der Waals surface area contributed by atoms with Gasteiger partial charge in [-0.1, -0.05) is 12.1 Å². The topological polar surface area (TPSA) is 66.0 Å². The first-order valence-electron chi connectivity index (χ1n) is 9.13. The average Bonchev–Trinajstić information content (AvgIpc) is 3.00. The zero-order valence-corrected chi connectivity index (χ0v) is 16.4. The molecule has 28 heavy (non-hydrogen) atoms. The summed E-state index contributed by atoms with van der Waals surface area (Å²) in [7, 11) is 3.18. The Hall–Kier alpha value is -3.15. The lowest BCUT2D eigenvalue weighted by Gasteiger charge is -2.20. The minimum atomic E-state index is -0.295. The van der Waals surface area contributed by atoms with E-state index in [0.29, 0.717) is 40.7 Å². The summed E-state index contributed by atoms with van der Waals surface area (Å²) in [5.74, 6) is 2.33. The Bertz CT molecular complexity index is 977. The first-order chi connectivity index (χ1) is 13.4. The lowest BCUT2D eigenvalue weighted by atomic mass is 10.00. The number of benzene rings is 2. The second-order valence-corrected chi connectivity index (χ2v) is 7.43. The predicted octanol–water partition coefficient (Wildman–Crippen LogP) is 3.83. The van der Waals surface area contributed by atoms with Crippen molar-refractivity contribution in [2.75, 3.05) is 26.1 Å². The number of hydrogen-bond donors (Lipinski definition) is 1. The fraction of sp³-hybridized carbons (Fsp3) is 0.318. The molecule has 0 bridgehead atoms. The van der Waals surface area contributed by atoms with Gasteiger partial charge < -0.3 is 24.3 Å². The molecule has 2 heterocycles. The van der Waals surface area contributed by atoms with Gasteiger partial charge in [-0.3, -0.25) is 4.79 Å². The van der Waals surface area contributed by atoms with Gasteiger partial charge in [0.1, 0.15) is 12.2 Å². The van der Waals surface area contributed by atoms with E-state index in [-0.39, 0.29) is 11.5 Å². The first kappa shape index (κ1) is 18.2. The number of fused-ring (bicyclic) bond motifs is 2. The molecule has 0 aliphatic carbocycles. The van der Waals surface area contributed by atoms with Gasteiger partial charge in [0.05, 0.1) is 19.8 Å². The highest BCUT2D eigenvalue weighted by molar-refractivity contribution is 6.26. The Labute approximate surface area is 164 Å². The van der Waals surface area contributed by atoms with Crippen LogP contribution in [0, 0.1) is 0 Å². The number of rotatable bonds is 4. The largest absolute Gasteiger partial charge is 0.493 e. The number of hydrogen-bond acceptors (Lipinski definition) is 5. The van der Waals surface area contributed by atoms with E-state index in [4.69, 9.17) is 18.9 Å². The number of ether oxygens (including phenoxy) is 4. The van der Waals surface area contributed by atoms with Crippen LogP contribution < -0.4 is 24.3 Å². The average molecular weight is 381 g/mol. The van der Waals surface area contributed by atoms with E-state index >= 15 is 0 Å². The van der Waals surface area contributed by atoms with E-state index in [0.717, 1.165) is 17.7 Å². The van der Waals surface area contributed by atoms with Crippen molar-refractivity contribution < 1.29 is 23.7 Å². The van der Waals surface area contributed by atoms with E-state index in [9.17, 15) is 4.79 Å². The highest BCUT2D eigenvalue weighted by Gasteiger charge is 2.33. The fourth-order valence-electron chi connectivity index (χ4n) is 3.67. The lowest BCUT2D eigenvalue weighted by molar-refractivity contribution is -0.111. The molecule has 2 aliphatic rings. The van der Waals surface area contributed by atoms with E-state index in [1.54, 1.807) is 26.4 Å². The second kappa shape index (κ2) is 6.78. The molecule has 1 N–H and O–H groups in total. The Kier molecular flexibility index (Phi) is 4.41. The molecular weight excluding hydrogens is 358 g/mol. The SMILES string of the molecule is COc1cc(NC(=O)C2=CCOc3c(OC)cccc32)cc2c1OC(C)(C)C2. The van der Waals surface area contributed by atoms with E-state index < -0.39 is 0 Å². The molecule has 0 spiro atoms. The molecule has 1 amide bonds. The molecule has 0 saturated carbocycles. The molecule has 0 unspecified atom stereocenters. The number of anilines is 1. The van der Waals surface area contributed by atoms with E-state index in [2.05, 4.69) is 5.32 Å². The van der Waals surface area contributed by atoms with Crippen LogP contribution >= 0.6 is 0 Å². The molecule has 0 atom stereocenters. The van der Waals surface area contributed by atoms with Crippen LogP contribution in [0.1, 0.15) is 25.0 Å². The molecule has 2 aromatic carbocycles. The Morgan fingerprint density at radius 2 is 1.89 bits per heavy atom. The molecule has 0 saturated heterocycles.